The van der Waals surface area contributed by atoms with E-state index in [1.807, 2.05) is 0 Å². The van der Waals surface area contributed by atoms with Crippen molar-refractivity contribution in [2.45, 2.75) is 32.4 Å². The van der Waals surface area contributed by atoms with Crippen LogP contribution in [0, 0.1) is 6.92 Å². The van der Waals surface area contributed by atoms with Crippen molar-refractivity contribution in [1.82, 2.24) is 19.9 Å². The number of rotatable bonds is 4. The molecular formula is C16H19F2N5O2. The molecule has 0 saturated carbocycles. The van der Waals surface area contributed by atoms with E-state index in [1.54, 1.807) is 24.0 Å². The lowest BCUT2D eigenvalue weighted by atomic mass is 10.1. The summed E-state index contributed by atoms with van der Waals surface area (Å²) in [4.78, 5) is 14.3. The summed E-state index contributed by atoms with van der Waals surface area (Å²) in [6.07, 6.45) is 1.54. The highest BCUT2D eigenvalue weighted by molar-refractivity contribution is 5.93. The quantitative estimate of drug-likeness (QED) is 0.907. The monoisotopic (exact) mass is 351 g/mol. The zero-order valence-corrected chi connectivity index (χ0v) is 13.7. The smallest absolute Gasteiger partial charge is 0.387 e. The van der Waals surface area contributed by atoms with E-state index in [1.165, 1.54) is 16.8 Å². The molecule has 2 heterocycles. The summed E-state index contributed by atoms with van der Waals surface area (Å²) in [6, 6.07) is 6.11. The van der Waals surface area contributed by atoms with Crippen LogP contribution in [0.1, 0.15) is 29.0 Å². The fourth-order valence-corrected chi connectivity index (χ4v) is 2.79. The molecule has 0 unspecified atom stereocenters. The lowest BCUT2D eigenvalue weighted by molar-refractivity contribution is -0.0498. The zero-order valence-electron chi connectivity index (χ0n) is 13.7. The number of benzene rings is 1. The normalized spacial score (nSPS) is 15.6. The minimum atomic E-state index is -2.87. The van der Waals surface area contributed by atoms with Gasteiger partial charge in [-0.2, -0.15) is 8.78 Å². The van der Waals surface area contributed by atoms with Gasteiger partial charge in [0.05, 0.1) is 11.4 Å². The van der Waals surface area contributed by atoms with E-state index in [-0.39, 0.29) is 23.4 Å². The van der Waals surface area contributed by atoms with Crippen LogP contribution in [0.15, 0.2) is 24.3 Å². The second-order valence-corrected chi connectivity index (χ2v) is 5.94. The highest BCUT2D eigenvalue weighted by Gasteiger charge is 2.26. The van der Waals surface area contributed by atoms with Crippen molar-refractivity contribution in [3.8, 4) is 11.4 Å². The number of nitrogens with two attached hydrogens (primary N) is 1. The number of alkyl halides is 2. The molecule has 1 aliphatic rings. The molecule has 134 valence electrons. The number of halogens is 2. The van der Waals surface area contributed by atoms with Gasteiger partial charge in [-0.25, -0.2) is 4.68 Å². The molecule has 0 bridgehead atoms. The first-order valence-corrected chi connectivity index (χ1v) is 7.98. The van der Waals surface area contributed by atoms with E-state index in [0.29, 0.717) is 24.5 Å². The van der Waals surface area contributed by atoms with Crippen molar-refractivity contribution in [3.05, 3.63) is 35.7 Å². The molecule has 1 amide bonds. The second-order valence-electron chi connectivity index (χ2n) is 5.94. The number of hydrogen-bond donors (Lipinski definition) is 1. The molecule has 0 spiro atoms. The van der Waals surface area contributed by atoms with Crippen molar-refractivity contribution in [3.63, 3.8) is 0 Å². The molecule has 1 fully saturated rings. The molecule has 0 atom stereocenters. The first-order valence-electron chi connectivity index (χ1n) is 7.98. The van der Waals surface area contributed by atoms with Gasteiger partial charge in [0, 0.05) is 19.1 Å². The molecule has 25 heavy (non-hydrogen) atoms. The van der Waals surface area contributed by atoms with Crippen LogP contribution < -0.4 is 10.5 Å². The molecule has 9 heteroatoms. The van der Waals surface area contributed by atoms with Crippen molar-refractivity contribution in [1.29, 1.82) is 0 Å². The second kappa shape index (κ2) is 7.14. The van der Waals surface area contributed by atoms with Gasteiger partial charge in [0.25, 0.3) is 5.91 Å². The number of nitrogens with zero attached hydrogens (tertiary/aromatic N) is 4. The molecule has 1 saturated heterocycles. The molecule has 7 nitrogen and oxygen atoms in total. The number of aromatic nitrogens is 3. The Morgan fingerprint density at radius 3 is 2.52 bits per heavy atom. The standard InChI is InChI=1S/C16H19F2N5O2/c1-10-14(15(24)22-8-6-11(19)7-9-22)20-21-23(10)12-2-4-13(5-3-12)25-16(17)18/h2-5,11,16H,6-9,19H2,1H3. The predicted molar refractivity (Wildman–Crippen MR) is 85.8 cm³/mol. The van der Waals surface area contributed by atoms with E-state index in [0.717, 1.165) is 12.8 Å². The Kier molecular flexibility index (Phi) is 4.93. The zero-order chi connectivity index (χ0) is 18.0. The van der Waals surface area contributed by atoms with E-state index in [4.69, 9.17) is 5.73 Å². The molecule has 3 rings (SSSR count). The van der Waals surface area contributed by atoms with Crippen LogP contribution in [-0.4, -0.2) is 51.5 Å². The number of hydrogen-bond acceptors (Lipinski definition) is 5. The van der Waals surface area contributed by atoms with Crippen LogP contribution in [0.5, 0.6) is 5.75 Å². The van der Waals surface area contributed by atoms with Gasteiger partial charge < -0.3 is 15.4 Å². The maximum Gasteiger partial charge on any atom is 0.387 e. The van der Waals surface area contributed by atoms with Gasteiger partial charge in [0.15, 0.2) is 5.69 Å². The minimum Gasteiger partial charge on any atom is -0.435 e. The topological polar surface area (TPSA) is 86.3 Å². The average molecular weight is 351 g/mol. The van der Waals surface area contributed by atoms with Crippen LogP contribution in [-0.2, 0) is 0 Å². The average Bonchev–Trinajstić information content (AvgIpc) is 2.97. The number of ether oxygens (including phenoxy) is 1. The van der Waals surface area contributed by atoms with E-state index in [9.17, 15) is 13.6 Å². The summed E-state index contributed by atoms with van der Waals surface area (Å²) >= 11 is 0. The fourth-order valence-electron chi connectivity index (χ4n) is 2.79. The Bertz CT molecular complexity index is 739. The Balaban J connectivity index is 1.77. The molecule has 1 aliphatic heterocycles. The number of carbonyl (C=O) groups excluding carboxylic acids is 1. The van der Waals surface area contributed by atoms with Gasteiger partial charge in [-0.3, -0.25) is 4.79 Å². The van der Waals surface area contributed by atoms with Crippen LogP contribution in [0.4, 0.5) is 8.78 Å². The van der Waals surface area contributed by atoms with E-state index < -0.39 is 6.61 Å². The third-order valence-corrected chi connectivity index (χ3v) is 4.23. The van der Waals surface area contributed by atoms with Gasteiger partial charge in [-0.05, 0) is 44.0 Å². The van der Waals surface area contributed by atoms with E-state index in [2.05, 4.69) is 15.0 Å². The fraction of sp³-hybridized carbons (Fsp3) is 0.438. The van der Waals surface area contributed by atoms with Crippen molar-refractivity contribution < 1.29 is 18.3 Å². The Morgan fingerprint density at radius 2 is 1.92 bits per heavy atom. The molecule has 2 N–H and O–H groups in total. The van der Waals surface area contributed by atoms with Crippen molar-refractivity contribution in [2.75, 3.05) is 13.1 Å². The molecule has 0 aliphatic carbocycles. The number of amides is 1. The van der Waals surface area contributed by atoms with Crippen molar-refractivity contribution >= 4 is 5.91 Å². The first-order chi connectivity index (χ1) is 12.0. The number of carbonyl (C=O) groups is 1. The number of piperidine rings is 1. The molecule has 1 aromatic carbocycles. The predicted octanol–water partition coefficient (Wildman–Crippen LogP) is 1.74. The lowest BCUT2D eigenvalue weighted by Crippen LogP contribution is -2.43. The van der Waals surface area contributed by atoms with Crippen LogP contribution >= 0.6 is 0 Å². The highest BCUT2D eigenvalue weighted by Crippen LogP contribution is 2.20. The Hall–Kier alpha value is -2.55. The summed E-state index contributed by atoms with van der Waals surface area (Å²) in [5.74, 6) is -0.120. The van der Waals surface area contributed by atoms with Gasteiger partial charge >= 0.3 is 6.61 Å². The summed E-state index contributed by atoms with van der Waals surface area (Å²) in [6.45, 7) is 0.0746. The first kappa shape index (κ1) is 17.3. The maximum atomic E-state index is 12.6. The van der Waals surface area contributed by atoms with E-state index >= 15 is 0 Å². The summed E-state index contributed by atoms with van der Waals surface area (Å²) in [5, 5.41) is 8.01. The Labute approximate surface area is 143 Å². The third-order valence-electron chi connectivity index (χ3n) is 4.23. The van der Waals surface area contributed by atoms with Crippen LogP contribution in [0.2, 0.25) is 0 Å². The van der Waals surface area contributed by atoms with Gasteiger partial charge in [-0.1, -0.05) is 5.21 Å². The molecule has 2 aromatic rings. The lowest BCUT2D eigenvalue weighted by Gasteiger charge is -2.29. The Morgan fingerprint density at radius 1 is 1.28 bits per heavy atom. The van der Waals surface area contributed by atoms with Gasteiger partial charge in [0.2, 0.25) is 0 Å². The summed E-state index contributed by atoms with van der Waals surface area (Å²) < 4.78 is 30.2. The largest absolute Gasteiger partial charge is 0.435 e. The van der Waals surface area contributed by atoms with Gasteiger partial charge in [0.1, 0.15) is 5.75 Å². The minimum absolute atomic E-state index is 0.0532. The maximum absolute atomic E-state index is 12.6. The molecular weight excluding hydrogens is 332 g/mol. The summed E-state index contributed by atoms with van der Waals surface area (Å²) in [7, 11) is 0. The number of likely N-dealkylation sites (tertiary alicyclic amines) is 1. The summed E-state index contributed by atoms with van der Waals surface area (Å²) in [5.41, 5.74) is 7.33. The van der Waals surface area contributed by atoms with Crippen molar-refractivity contribution in [2.24, 2.45) is 5.73 Å². The SMILES string of the molecule is Cc1c(C(=O)N2CCC(N)CC2)nnn1-c1ccc(OC(F)F)cc1. The van der Waals surface area contributed by atoms with Crippen LogP contribution in [0.3, 0.4) is 0 Å². The molecule has 1 aromatic heterocycles. The highest BCUT2D eigenvalue weighted by atomic mass is 19.3. The molecule has 0 radical (unpaired) electrons. The third kappa shape index (κ3) is 3.76. The van der Waals surface area contributed by atoms with Crippen LogP contribution in [0.25, 0.3) is 5.69 Å². The van der Waals surface area contributed by atoms with Gasteiger partial charge in [-0.15, -0.1) is 5.10 Å².